The zero-order valence-electron chi connectivity index (χ0n) is 15.3. The molecule has 1 aliphatic heterocycles. The predicted molar refractivity (Wildman–Crippen MR) is 87.0 cm³/mol. The Bertz CT molecular complexity index is 773. The van der Waals surface area contributed by atoms with Gasteiger partial charge in [0, 0.05) is 5.92 Å². The lowest BCUT2D eigenvalue weighted by Gasteiger charge is -2.53. The van der Waals surface area contributed by atoms with E-state index in [-0.39, 0.29) is 0 Å². The van der Waals surface area contributed by atoms with E-state index in [1.807, 2.05) is 0 Å². The fourth-order valence-electron chi connectivity index (χ4n) is 3.56. The van der Waals surface area contributed by atoms with Crippen molar-refractivity contribution in [3.05, 3.63) is 35.9 Å². The Balaban J connectivity index is 2.56. The van der Waals surface area contributed by atoms with Crippen LogP contribution in [0.1, 0.15) is 5.56 Å². The molecule has 1 heterocycles. The van der Waals surface area contributed by atoms with Crippen LogP contribution in [0.3, 0.4) is 0 Å². The Morgan fingerprint density at radius 1 is 0.903 bits per heavy atom. The molecule has 5 N–H and O–H groups in total. The van der Waals surface area contributed by atoms with Crippen molar-refractivity contribution in [2.24, 2.45) is 17.8 Å². The molecule has 8 nitrogen and oxygen atoms in total. The van der Waals surface area contributed by atoms with E-state index >= 15 is 0 Å². The summed E-state index contributed by atoms with van der Waals surface area (Å²) < 4.78 is 86.1. The molecule has 4 unspecified atom stereocenters. The largest absolute Gasteiger partial charge is 0.481 e. The number of benzene rings is 1. The molecule has 4 atom stereocenters. The second-order valence-corrected chi connectivity index (χ2v) is 6.95. The van der Waals surface area contributed by atoms with Gasteiger partial charge >= 0.3 is 24.3 Å². The van der Waals surface area contributed by atoms with Crippen LogP contribution < -0.4 is 5.32 Å². The Labute approximate surface area is 170 Å². The molecule has 1 aliphatic rings. The summed E-state index contributed by atoms with van der Waals surface area (Å²) in [4.78, 5) is 23.2. The third kappa shape index (κ3) is 4.46. The number of aliphatic hydroxyl groups is 2. The zero-order chi connectivity index (χ0) is 23.8. The lowest BCUT2D eigenvalue weighted by molar-refractivity contribution is -0.383. The summed E-state index contributed by atoms with van der Waals surface area (Å²) in [6.45, 7) is -1.68. The maximum absolute atomic E-state index is 13.5. The second-order valence-electron chi connectivity index (χ2n) is 6.95. The summed E-state index contributed by atoms with van der Waals surface area (Å²) in [6.07, 6.45) is -12.1. The molecule has 0 radical (unpaired) electrons. The molecule has 1 aromatic rings. The van der Waals surface area contributed by atoms with Crippen molar-refractivity contribution >= 4 is 11.9 Å². The first-order valence-electron chi connectivity index (χ1n) is 8.51. The van der Waals surface area contributed by atoms with Crippen LogP contribution in [0, 0.1) is 17.8 Å². The number of hydrogen-bond acceptors (Lipinski definition) is 6. The Morgan fingerprint density at radius 3 is 1.68 bits per heavy atom. The van der Waals surface area contributed by atoms with Crippen molar-refractivity contribution in [2.75, 3.05) is 6.61 Å². The number of carboxylic acid groups (broad SMARTS) is 2. The summed E-state index contributed by atoms with van der Waals surface area (Å²) in [7, 11) is 0. The van der Waals surface area contributed by atoms with Crippen LogP contribution >= 0.6 is 0 Å². The highest BCUT2D eigenvalue weighted by atomic mass is 19.4. The Kier molecular flexibility index (Phi) is 6.62. The van der Waals surface area contributed by atoms with Gasteiger partial charge in [-0.3, -0.25) is 9.59 Å². The van der Waals surface area contributed by atoms with Gasteiger partial charge in [0.05, 0.1) is 13.2 Å². The molecule has 31 heavy (non-hydrogen) atoms. The van der Waals surface area contributed by atoms with Crippen molar-refractivity contribution in [3.8, 4) is 0 Å². The number of rotatable bonds is 6. The fourth-order valence-corrected chi connectivity index (χ4v) is 3.56. The topological polar surface area (TPSA) is 136 Å². The van der Waals surface area contributed by atoms with Crippen molar-refractivity contribution in [1.82, 2.24) is 5.32 Å². The highest BCUT2D eigenvalue weighted by molar-refractivity contribution is 5.77. The molecular weight excluding hydrogens is 444 g/mol. The normalized spacial score (nSPS) is 31.9. The first-order valence-corrected chi connectivity index (χ1v) is 8.51. The van der Waals surface area contributed by atoms with Gasteiger partial charge in [0.25, 0.3) is 0 Å². The SMILES string of the molecule is O=C(O)C1C(COCc2ccccc2)C(C(=O)O)C(O)(C(F)(F)F)NC1(O)C(F)(F)F. The number of aliphatic carboxylic acids is 2. The Morgan fingerprint density at radius 2 is 1.32 bits per heavy atom. The van der Waals surface area contributed by atoms with Crippen molar-refractivity contribution in [1.29, 1.82) is 0 Å². The van der Waals surface area contributed by atoms with Gasteiger partial charge in [0.15, 0.2) is 0 Å². The monoisotopic (exact) mass is 461 g/mol. The van der Waals surface area contributed by atoms with Crippen molar-refractivity contribution in [2.45, 2.75) is 30.4 Å². The Hall–Kier alpha value is -2.42. The van der Waals surface area contributed by atoms with E-state index in [4.69, 9.17) is 4.74 Å². The maximum atomic E-state index is 13.5. The lowest BCUT2D eigenvalue weighted by atomic mass is 9.67. The number of halogens is 6. The highest BCUT2D eigenvalue weighted by Gasteiger charge is 2.78. The van der Waals surface area contributed by atoms with E-state index in [0.29, 0.717) is 10.9 Å². The standard InChI is InChI=1S/C17H17F6NO7/c18-16(19,20)14(29)10(12(25)26)9(7-31-6-8-4-2-1-3-5-8)11(13(27)28)15(30,24-14)17(21,22)23/h1-5,9-11,24,29-30H,6-7H2,(H,25,26)(H,27,28). The minimum absolute atomic E-state index is 0.396. The van der Waals surface area contributed by atoms with Gasteiger partial charge in [-0.25, -0.2) is 5.32 Å². The second kappa shape index (κ2) is 8.26. The average molecular weight is 461 g/mol. The molecule has 1 fully saturated rings. The van der Waals surface area contributed by atoms with Gasteiger partial charge in [0.2, 0.25) is 11.4 Å². The number of piperidine rings is 1. The number of alkyl halides is 6. The summed E-state index contributed by atoms with van der Waals surface area (Å²) in [6, 6.07) is 7.63. The molecule has 0 saturated carbocycles. The number of hydrogen-bond donors (Lipinski definition) is 5. The van der Waals surface area contributed by atoms with Gasteiger partial charge in [-0.2, -0.15) is 26.3 Å². The lowest BCUT2D eigenvalue weighted by Crippen LogP contribution is -2.82. The van der Waals surface area contributed by atoms with E-state index < -0.39 is 66.7 Å². The number of carboxylic acids is 2. The molecular formula is C17H17F6NO7. The van der Waals surface area contributed by atoms with E-state index in [2.05, 4.69) is 0 Å². The number of carbonyl (C=O) groups is 2. The highest BCUT2D eigenvalue weighted by Crippen LogP contribution is 2.51. The minimum Gasteiger partial charge on any atom is -0.481 e. The smallest absolute Gasteiger partial charge is 0.431 e. The quantitative estimate of drug-likeness (QED) is 0.401. The molecule has 1 saturated heterocycles. The molecule has 0 spiro atoms. The zero-order valence-corrected chi connectivity index (χ0v) is 15.3. The van der Waals surface area contributed by atoms with Gasteiger partial charge in [-0.15, -0.1) is 0 Å². The van der Waals surface area contributed by atoms with Crippen LogP contribution in [0.25, 0.3) is 0 Å². The van der Waals surface area contributed by atoms with Crippen molar-refractivity contribution in [3.63, 3.8) is 0 Å². The van der Waals surface area contributed by atoms with Crippen LogP contribution in [0.2, 0.25) is 0 Å². The predicted octanol–water partition coefficient (Wildman–Crippen LogP) is 1.33. The van der Waals surface area contributed by atoms with Gasteiger partial charge in [0.1, 0.15) is 11.8 Å². The van der Waals surface area contributed by atoms with Gasteiger partial charge in [-0.05, 0) is 5.56 Å². The summed E-state index contributed by atoms with van der Waals surface area (Å²) in [5.74, 6) is -13.9. The molecule has 0 aliphatic carbocycles. The first-order chi connectivity index (χ1) is 14.1. The van der Waals surface area contributed by atoms with Crippen LogP contribution in [-0.2, 0) is 20.9 Å². The fraction of sp³-hybridized carbons (Fsp3) is 0.529. The van der Waals surface area contributed by atoms with E-state index in [1.165, 1.54) is 24.3 Å². The molecule has 1 aromatic carbocycles. The summed E-state index contributed by atoms with van der Waals surface area (Å²) >= 11 is 0. The average Bonchev–Trinajstić information content (AvgIpc) is 2.59. The summed E-state index contributed by atoms with van der Waals surface area (Å²) in [5.41, 5.74) is -9.25. The molecule has 0 aromatic heterocycles. The molecule has 0 bridgehead atoms. The van der Waals surface area contributed by atoms with Crippen LogP contribution in [-0.4, -0.2) is 62.8 Å². The third-order valence-corrected chi connectivity index (χ3v) is 4.96. The molecule has 14 heteroatoms. The van der Waals surface area contributed by atoms with Crippen LogP contribution in [0.15, 0.2) is 30.3 Å². The summed E-state index contributed by atoms with van der Waals surface area (Å²) in [5, 5.41) is 39.0. The van der Waals surface area contributed by atoms with E-state index in [1.54, 1.807) is 6.07 Å². The molecule has 2 rings (SSSR count). The van der Waals surface area contributed by atoms with Crippen molar-refractivity contribution < 1.29 is 61.1 Å². The number of nitrogens with one attached hydrogen (secondary N) is 1. The van der Waals surface area contributed by atoms with Crippen LogP contribution in [0.4, 0.5) is 26.3 Å². The van der Waals surface area contributed by atoms with Gasteiger partial charge < -0.3 is 25.2 Å². The minimum atomic E-state index is -6.05. The number of ether oxygens (including phenoxy) is 1. The molecule has 174 valence electrons. The first kappa shape index (κ1) is 24.8. The van der Waals surface area contributed by atoms with E-state index in [9.17, 15) is 56.4 Å². The van der Waals surface area contributed by atoms with Crippen LogP contribution in [0.5, 0.6) is 0 Å². The molecule has 0 amide bonds. The van der Waals surface area contributed by atoms with Gasteiger partial charge in [-0.1, -0.05) is 30.3 Å². The maximum Gasteiger partial charge on any atom is 0.431 e. The van der Waals surface area contributed by atoms with E-state index in [0.717, 1.165) is 0 Å². The third-order valence-electron chi connectivity index (χ3n) is 4.96.